The Morgan fingerprint density at radius 2 is 1.32 bits per heavy atom. The van der Waals surface area contributed by atoms with Gasteiger partial charge in [-0.1, -0.05) is 12.1 Å². The van der Waals surface area contributed by atoms with E-state index in [9.17, 15) is 71.2 Å². The maximum Gasteiger partial charge on any atom is 0.331 e. The van der Waals surface area contributed by atoms with E-state index >= 15 is 0 Å². The minimum absolute atomic E-state index is 0.0724. The van der Waals surface area contributed by atoms with E-state index in [1.165, 1.54) is 36.4 Å². The zero-order valence-electron chi connectivity index (χ0n) is 32.8. The summed E-state index contributed by atoms with van der Waals surface area (Å²) in [4.78, 5) is 13.7. The number of phenolic OH excluding ortho intramolecular Hbond substituents is 4. The lowest BCUT2D eigenvalue weighted by atomic mass is 9.96. The number of carbonyl (C=O) groups is 1. The van der Waals surface area contributed by atoms with Gasteiger partial charge in [-0.05, 0) is 47.9 Å². The Morgan fingerprint density at radius 1 is 0.645 bits per heavy atom. The Labute approximate surface area is 352 Å². The van der Waals surface area contributed by atoms with Gasteiger partial charge in [-0.15, -0.1) is 0 Å². The van der Waals surface area contributed by atoms with Crippen LogP contribution < -0.4 is 0 Å². The van der Waals surface area contributed by atoms with Crippen LogP contribution in [0, 0.1) is 0 Å². The van der Waals surface area contributed by atoms with Gasteiger partial charge >= 0.3 is 5.97 Å². The van der Waals surface area contributed by atoms with E-state index in [0.717, 1.165) is 12.1 Å². The Bertz CT molecular complexity index is 1800. The largest absolute Gasteiger partial charge is 0.504 e. The molecular formula is C39H52O23. The number of aliphatic hydroxyl groups excluding tert-OH is 9. The summed E-state index contributed by atoms with van der Waals surface area (Å²) < 4.78 is 53.4. The second kappa shape index (κ2) is 21.2. The molecule has 0 bridgehead atoms. The van der Waals surface area contributed by atoms with E-state index in [4.69, 9.17) is 42.6 Å². The second-order valence-electron chi connectivity index (χ2n) is 15.1. The van der Waals surface area contributed by atoms with E-state index in [1.54, 1.807) is 0 Å². The molecule has 1 unspecified atom stereocenters. The van der Waals surface area contributed by atoms with Gasteiger partial charge in [0.1, 0.15) is 67.1 Å². The topological polar surface area (TPSA) is 363 Å². The van der Waals surface area contributed by atoms with Crippen LogP contribution in [-0.2, 0) is 53.8 Å². The van der Waals surface area contributed by atoms with E-state index in [-0.39, 0.29) is 30.8 Å². The fourth-order valence-corrected chi connectivity index (χ4v) is 7.05. The zero-order valence-corrected chi connectivity index (χ0v) is 32.8. The third kappa shape index (κ3) is 11.5. The lowest BCUT2D eigenvalue weighted by molar-refractivity contribution is -0.383. The number of ether oxygens (including phenoxy) is 9. The van der Waals surface area contributed by atoms with Crippen LogP contribution >= 0.6 is 0 Å². The maximum atomic E-state index is 13.7. The molecule has 13 N–H and O–H groups in total. The fourth-order valence-electron chi connectivity index (χ4n) is 7.05. The summed E-state index contributed by atoms with van der Waals surface area (Å²) in [5.41, 5.74) is 0.724. The predicted molar refractivity (Wildman–Crippen MR) is 200 cm³/mol. The lowest BCUT2D eigenvalue weighted by Crippen LogP contribution is -2.66. The van der Waals surface area contributed by atoms with E-state index in [1.807, 2.05) is 0 Å². The Balaban J connectivity index is 1.38. The maximum absolute atomic E-state index is 13.7. The minimum atomic E-state index is -2.02. The first-order valence-corrected chi connectivity index (χ1v) is 19.6. The van der Waals surface area contributed by atoms with Crippen molar-refractivity contribution >= 4 is 12.0 Å². The first kappa shape index (κ1) is 47.6. The zero-order chi connectivity index (χ0) is 44.8. The van der Waals surface area contributed by atoms with Gasteiger partial charge in [0.25, 0.3) is 0 Å². The highest BCUT2D eigenvalue weighted by Gasteiger charge is 2.55. The molecule has 0 spiro atoms. The Kier molecular flexibility index (Phi) is 16.3. The van der Waals surface area contributed by atoms with Gasteiger partial charge in [-0.25, -0.2) is 4.79 Å². The molecule has 4 saturated heterocycles. The van der Waals surface area contributed by atoms with E-state index < -0.39 is 154 Å². The minimum Gasteiger partial charge on any atom is -0.504 e. The second-order valence-corrected chi connectivity index (χ2v) is 15.1. The highest BCUT2D eigenvalue weighted by atomic mass is 16.8. The van der Waals surface area contributed by atoms with Gasteiger partial charge in [-0.2, -0.15) is 0 Å². The van der Waals surface area contributed by atoms with Crippen molar-refractivity contribution in [1.29, 1.82) is 0 Å². The molecule has 4 heterocycles. The first-order chi connectivity index (χ1) is 29.5. The number of hydrogen-bond acceptors (Lipinski definition) is 23. The Hall–Kier alpha value is -3.83. The van der Waals surface area contributed by atoms with Crippen molar-refractivity contribution in [2.45, 2.75) is 117 Å². The van der Waals surface area contributed by atoms with Crippen molar-refractivity contribution in [2.24, 2.45) is 0 Å². The molecule has 2 aromatic carbocycles. The third-order valence-corrected chi connectivity index (χ3v) is 10.6. The molecule has 0 saturated carbocycles. The molecule has 6 rings (SSSR count). The van der Waals surface area contributed by atoms with Crippen LogP contribution in [-0.4, -0.2) is 210 Å². The summed E-state index contributed by atoms with van der Waals surface area (Å²) in [6.07, 6.45) is -26.1. The number of aromatic hydroxyl groups is 4. The van der Waals surface area contributed by atoms with Gasteiger partial charge in [-0.3, -0.25) is 0 Å². The van der Waals surface area contributed by atoms with E-state index in [2.05, 4.69) is 0 Å². The highest BCUT2D eigenvalue weighted by molar-refractivity contribution is 5.87. The number of rotatable bonds is 15. The summed E-state index contributed by atoms with van der Waals surface area (Å²) >= 11 is 0. The average molecular weight is 889 g/mol. The molecule has 23 nitrogen and oxygen atoms in total. The molecule has 0 aromatic heterocycles. The summed E-state index contributed by atoms with van der Waals surface area (Å²) in [5.74, 6) is -2.82. The van der Waals surface area contributed by atoms with Gasteiger partial charge in [0, 0.05) is 12.5 Å². The van der Waals surface area contributed by atoms with Gasteiger partial charge in [0.15, 0.2) is 54.3 Å². The number of aliphatic hydroxyl groups is 9. The van der Waals surface area contributed by atoms with Crippen LogP contribution in [0.15, 0.2) is 42.5 Å². The molecule has 4 fully saturated rings. The molecule has 346 valence electrons. The van der Waals surface area contributed by atoms with Crippen LogP contribution in [0.3, 0.4) is 0 Å². The molecular weight excluding hydrogens is 836 g/mol. The smallest absolute Gasteiger partial charge is 0.331 e. The van der Waals surface area contributed by atoms with Gasteiger partial charge < -0.3 is 109 Å². The summed E-state index contributed by atoms with van der Waals surface area (Å²) in [6, 6.07) is 7.71. The number of carbonyl (C=O) groups excluding carboxylic acids is 1. The molecule has 23 heteroatoms. The van der Waals surface area contributed by atoms with E-state index in [0.29, 0.717) is 5.56 Å². The SMILES string of the molecule is O=C(/C=C/c1ccc(O)c(O)c1)O[C@H]1[C@H](O[C@@H]2O[C@H](CO)[C@@H](O)[C@H](O)C2O)[C@@H](O[C@H]2C[C@@H](O)[C@@H](O)CO2)[C@H](OCCc2ccc(O)c(O)c2)O[C@@H]1CO[C@@H]1OC[C@@H](O)[C@H](O)[C@H]1O. The van der Waals surface area contributed by atoms with Crippen molar-refractivity contribution in [3.63, 3.8) is 0 Å². The molecule has 62 heavy (non-hydrogen) atoms. The van der Waals surface area contributed by atoms with Crippen molar-refractivity contribution in [2.75, 3.05) is 33.0 Å². The normalized spacial score (nSPS) is 37.9. The average Bonchev–Trinajstić information content (AvgIpc) is 3.24. The number of benzene rings is 2. The van der Waals surface area contributed by atoms with Crippen molar-refractivity contribution in [3.05, 3.63) is 53.6 Å². The summed E-state index contributed by atoms with van der Waals surface area (Å²) in [6.45, 7) is -2.60. The van der Waals surface area contributed by atoms with Crippen molar-refractivity contribution < 1.29 is 114 Å². The first-order valence-electron chi connectivity index (χ1n) is 19.6. The fraction of sp³-hybridized carbons (Fsp3) is 0.615. The quantitative estimate of drug-likeness (QED) is 0.0459. The lowest BCUT2D eigenvalue weighted by Gasteiger charge is -2.49. The predicted octanol–water partition coefficient (Wildman–Crippen LogP) is -4.09. The number of hydrogen-bond donors (Lipinski definition) is 13. The van der Waals surface area contributed by atoms with Crippen molar-refractivity contribution in [3.8, 4) is 23.0 Å². The molecule has 0 amide bonds. The van der Waals surface area contributed by atoms with Gasteiger partial charge in [0.05, 0.1) is 39.1 Å². The van der Waals surface area contributed by atoms with Crippen molar-refractivity contribution in [1.82, 2.24) is 0 Å². The number of phenols is 4. The number of esters is 1. The molecule has 4 aliphatic heterocycles. The molecule has 2 aromatic rings. The standard InChI is InChI=1S/C39H52O23/c40-12-25-30(50)31(51)33(53)38(58-25)62-35-34(60-27(48)6-3-16-1-4-18(41)20(43)9-16)26(15-57-37-32(52)29(49)24(47)14-56-37)59-39(36(35)61-28-11-22(45)23(46)13-55-28)54-8-7-17-2-5-19(42)21(44)10-17/h1-6,9-10,22-26,28-47,49-53H,7-8,11-15H2/b6-3+/t22-,23+,24-,25-,26-,28+,29+,30-,31+,32-,33?,34-,35+,36-,37+,38+,39-/m1/s1. The third-order valence-electron chi connectivity index (χ3n) is 10.6. The van der Waals surface area contributed by atoms with Crippen LogP contribution in [0.5, 0.6) is 23.0 Å². The molecule has 17 atom stereocenters. The highest BCUT2D eigenvalue weighted by Crippen LogP contribution is 2.36. The summed E-state index contributed by atoms with van der Waals surface area (Å²) in [7, 11) is 0. The molecule has 0 radical (unpaired) electrons. The van der Waals surface area contributed by atoms with Crippen LogP contribution in [0.25, 0.3) is 6.08 Å². The van der Waals surface area contributed by atoms with Crippen LogP contribution in [0.4, 0.5) is 0 Å². The monoisotopic (exact) mass is 888 g/mol. The van der Waals surface area contributed by atoms with Crippen LogP contribution in [0.1, 0.15) is 17.5 Å². The molecule has 4 aliphatic rings. The Morgan fingerprint density at radius 3 is 2.02 bits per heavy atom. The van der Waals surface area contributed by atoms with Crippen LogP contribution in [0.2, 0.25) is 0 Å². The molecule has 0 aliphatic carbocycles. The van der Waals surface area contributed by atoms with Gasteiger partial charge in [0.2, 0.25) is 0 Å². The summed E-state index contributed by atoms with van der Waals surface area (Å²) in [5, 5.41) is 133.